The van der Waals surface area contributed by atoms with E-state index in [0.717, 1.165) is 22.3 Å². The van der Waals surface area contributed by atoms with Crippen molar-refractivity contribution in [1.82, 2.24) is 14.2 Å². The average molecular weight is 919 g/mol. The molecule has 2 heterocycles. The number of esters is 1. The number of methoxy groups -OCH3 is 2. The summed E-state index contributed by atoms with van der Waals surface area (Å²) in [6.45, 7) is 13.5. The van der Waals surface area contributed by atoms with Crippen LogP contribution in [0.5, 0.6) is 11.5 Å². The number of ether oxygens (including phenoxy) is 5. The number of hydrogen-bond donors (Lipinski definition) is 1. The number of aromatic nitrogens is 2. The van der Waals surface area contributed by atoms with E-state index in [0.29, 0.717) is 22.6 Å². The van der Waals surface area contributed by atoms with E-state index in [9.17, 15) is 19.6 Å². The van der Waals surface area contributed by atoms with Gasteiger partial charge in [-0.05, 0) is 94.6 Å². The normalized spacial score (nSPS) is 21.8. The maximum atomic E-state index is 14.4. The number of carbonyl (C=O) groups is 1. The predicted molar refractivity (Wildman–Crippen MR) is 250 cm³/mol. The Hall–Kier alpha value is -5.65. The van der Waals surface area contributed by atoms with Crippen LogP contribution in [0.4, 0.5) is 0 Å². The molecule has 1 saturated carbocycles. The van der Waals surface area contributed by atoms with E-state index in [2.05, 4.69) is 15.7 Å². The molecule has 2 aliphatic rings. The van der Waals surface area contributed by atoms with E-state index in [1.165, 1.54) is 10.8 Å². The Labute approximate surface area is 387 Å². The number of rotatable bonds is 19. The van der Waals surface area contributed by atoms with Crippen LogP contribution in [0, 0.1) is 37.0 Å². The van der Waals surface area contributed by atoms with Gasteiger partial charge in [-0.15, -0.1) is 0 Å². The highest BCUT2D eigenvalue weighted by molar-refractivity contribution is 7.44. The van der Waals surface area contributed by atoms with E-state index in [1.54, 1.807) is 33.3 Å². The van der Waals surface area contributed by atoms with Crippen molar-refractivity contribution in [1.29, 1.82) is 5.26 Å². The van der Waals surface area contributed by atoms with Gasteiger partial charge in [0.2, 0.25) is 0 Å². The van der Waals surface area contributed by atoms with Crippen LogP contribution in [-0.4, -0.2) is 77.5 Å². The van der Waals surface area contributed by atoms with Gasteiger partial charge >= 0.3 is 11.7 Å². The van der Waals surface area contributed by atoms with Crippen molar-refractivity contribution in [3.8, 4) is 17.6 Å². The van der Waals surface area contributed by atoms with E-state index >= 15 is 0 Å². The molecule has 1 unspecified atom stereocenters. The molecular weight excluding hydrogens is 860 g/mol. The van der Waals surface area contributed by atoms with Crippen LogP contribution in [0.1, 0.15) is 85.4 Å². The Morgan fingerprint density at radius 3 is 1.98 bits per heavy atom. The maximum Gasteiger partial charge on any atom is 0.338 e. The minimum atomic E-state index is -1.93. The maximum absolute atomic E-state index is 14.4. The first-order chi connectivity index (χ1) is 31.7. The Kier molecular flexibility index (Phi) is 15.0. The van der Waals surface area contributed by atoms with Crippen LogP contribution in [0.2, 0.25) is 0 Å². The Balaban J connectivity index is 1.47. The molecule has 1 aromatic heterocycles. The molecule has 1 saturated heterocycles. The van der Waals surface area contributed by atoms with Crippen molar-refractivity contribution in [3.05, 3.63) is 164 Å². The number of fused-ring (bicyclic) bond motifs is 2. The van der Waals surface area contributed by atoms with Crippen molar-refractivity contribution in [3.63, 3.8) is 0 Å². The lowest BCUT2D eigenvalue weighted by Crippen LogP contribution is -2.56. The highest BCUT2D eigenvalue weighted by Crippen LogP contribution is 2.63. The molecule has 1 aliphatic carbocycles. The summed E-state index contributed by atoms with van der Waals surface area (Å²) in [7, 11) is 1.28. The molecule has 1 N–H and O–H groups in total. The number of nitrogens with one attached hydrogen (secondary N) is 1. The SMILES string of the molecule is COc1ccc(C(OC[C@@]23O[C@@H](n4cc(C)c(=O)[nH]c4=O)[C@@H]([C@H](C)[C@@H]2OC(=O)c2ccc(C)cc2)[C@H]3OP(OCCC#N)N(C(C)C)C(C)C)(c2ccccc2)c2ccc(OC)cc2)cc1. The fourth-order valence-corrected chi connectivity index (χ4v) is 11.2. The van der Waals surface area contributed by atoms with Crippen LogP contribution in [-0.2, 0) is 28.9 Å². The second-order valence-corrected chi connectivity index (χ2v) is 18.8. The number of hydrogen-bond acceptors (Lipinski definition) is 12. The quantitative estimate of drug-likeness (QED) is 0.0364. The van der Waals surface area contributed by atoms with Crippen molar-refractivity contribution < 1.29 is 37.5 Å². The zero-order valence-corrected chi connectivity index (χ0v) is 39.8. The number of nitriles is 1. The molecule has 15 heteroatoms. The van der Waals surface area contributed by atoms with Gasteiger partial charge in [0.25, 0.3) is 14.1 Å². The Bertz CT molecular complexity index is 2540. The smallest absolute Gasteiger partial charge is 0.338 e. The van der Waals surface area contributed by atoms with Crippen molar-refractivity contribution in [2.75, 3.05) is 27.4 Å². The molecule has 0 amide bonds. The average Bonchev–Trinajstić information content (AvgIpc) is 3.73. The lowest BCUT2D eigenvalue weighted by molar-refractivity contribution is -0.221. The van der Waals surface area contributed by atoms with Gasteiger partial charge in [0.05, 0.1) is 45.5 Å². The van der Waals surface area contributed by atoms with Gasteiger partial charge in [-0.2, -0.15) is 5.26 Å². The molecule has 66 heavy (non-hydrogen) atoms. The molecule has 0 radical (unpaired) electrons. The standard InChI is InChI=1S/C51H59N4O10P/c1-32(2)55(33(3)4)66(62-29-13-28-52)65-45-43-36(7)44(63-48(57)37-18-16-34(5)17-19-37)50(45,64-47(43)54-30-35(6)46(56)53-49(54)58)31-61-51(38-14-11-10-12-15-38,39-20-24-41(59-8)25-21-39)40-22-26-42(60-9)27-23-40/h10-12,14-27,30,32-33,36,43-45,47H,13,29,31H2,1-9H3,(H,53,56,58)/t36-,43-,44-,45+,47+,50+,66?/m0/s1. The molecule has 2 bridgehead atoms. The molecule has 0 spiro atoms. The molecule has 348 valence electrons. The highest BCUT2D eigenvalue weighted by atomic mass is 31.2. The molecular formula is C51H59N4O10P. The summed E-state index contributed by atoms with van der Waals surface area (Å²) < 4.78 is 50.2. The van der Waals surface area contributed by atoms with Gasteiger partial charge in [-0.1, -0.05) is 79.2 Å². The summed E-state index contributed by atoms with van der Waals surface area (Å²) in [5.41, 5.74) is -0.292. The molecule has 14 nitrogen and oxygen atoms in total. The van der Waals surface area contributed by atoms with E-state index < -0.39 is 67.2 Å². The summed E-state index contributed by atoms with van der Waals surface area (Å²) in [6, 6.07) is 34.2. The third-order valence-corrected chi connectivity index (χ3v) is 14.7. The number of H-pyrrole nitrogens is 1. The molecule has 2 fully saturated rings. The number of nitrogens with zero attached hydrogens (tertiary/aromatic N) is 3. The zero-order chi connectivity index (χ0) is 47.3. The Morgan fingerprint density at radius 2 is 1.44 bits per heavy atom. The number of aromatic amines is 1. The Morgan fingerprint density at radius 1 is 0.864 bits per heavy atom. The predicted octanol–water partition coefficient (Wildman–Crippen LogP) is 8.60. The molecule has 1 aliphatic heterocycles. The number of benzene rings is 4. The summed E-state index contributed by atoms with van der Waals surface area (Å²) in [6.07, 6.45) is -1.39. The monoisotopic (exact) mass is 918 g/mol. The summed E-state index contributed by atoms with van der Waals surface area (Å²) in [5.74, 6) is -0.488. The first kappa shape index (κ1) is 48.3. The van der Waals surface area contributed by atoms with Gasteiger partial charge in [-0.25, -0.2) is 14.3 Å². The van der Waals surface area contributed by atoms with E-state index in [-0.39, 0.29) is 31.7 Å². The minimum absolute atomic E-state index is 0.0610. The van der Waals surface area contributed by atoms with Crippen LogP contribution < -0.4 is 20.7 Å². The second kappa shape index (κ2) is 20.5. The van der Waals surface area contributed by atoms with Gasteiger partial charge in [0.1, 0.15) is 35.5 Å². The van der Waals surface area contributed by atoms with Gasteiger partial charge in [-0.3, -0.25) is 14.3 Å². The fourth-order valence-electron chi connectivity index (χ4n) is 9.40. The summed E-state index contributed by atoms with van der Waals surface area (Å²) in [4.78, 5) is 43.5. The molecule has 7 rings (SSSR count). The minimum Gasteiger partial charge on any atom is -0.497 e. The van der Waals surface area contributed by atoms with Crippen LogP contribution in [0.25, 0.3) is 0 Å². The third-order valence-electron chi connectivity index (χ3n) is 12.6. The topological polar surface area (TPSA) is 164 Å². The zero-order valence-electron chi connectivity index (χ0n) is 38.9. The van der Waals surface area contributed by atoms with E-state index in [1.807, 2.05) is 133 Å². The first-order valence-electron chi connectivity index (χ1n) is 22.2. The lowest BCUT2D eigenvalue weighted by atomic mass is 9.79. The lowest BCUT2D eigenvalue weighted by Gasteiger charge is -2.44. The van der Waals surface area contributed by atoms with Crippen LogP contribution >= 0.6 is 8.53 Å². The molecule has 7 atom stereocenters. The van der Waals surface area contributed by atoms with Crippen molar-refractivity contribution in [2.24, 2.45) is 11.8 Å². The van der Waals surface area contributed by atoms with Crippen molar-refractivity contribution in [2.45, 2.75) is 96.6 Å². The summed E-state index contributed by atoms with van der Waals surface area (Å²) >= 11 is 0. The largest absolute Gasteiger partial charge is 0.497 e. The number of carbonyl (C=O) groups excluding carboxylic acids is 1. The number of aryl methyl sites for hydroxylation is 2. The van der Waals surface area contributed by atoms with Gasteiger partial charge in [0.15, 0.2) is 5.60 Å². The van der Waals surface area contributed by atoms with Gasteiger partial charge < -0.3 is 32.7 Å². The van der Waals surface area contributed by atoms with Gasteiger partial charge in [0, 0.05) is 35.7 Å². The summed E-state index contributed by atoms with van der Waals surface area (Å²) in [5, 5.41) is 9.60. The highest BCUT2D eigenvalue weighted by Gasteiger charge is 2.73. The molecule has 4 aromatic carbocycles. The molecule has 5 aromatic rings. The fraction of sp³-hybridized carbons (Fsp3) is 0.412. The van der Waals surface area contributed by atoms with E-state index in [4.69, 9.17) is 32.7 Å². The third kappa shape index (κ3) is 9.34. The van der Waals surface area contributed by atoms with Crippen LogP contribution in [0.3, 0.4) is 0 Å². The first-order valence-corrected chi connectivity index (χ1v) is 23.3. The van der Waals surface area contributed by atoms with Crippen LogP contribution in [0.15, 0.2) is 119 Å². The second-order valence-electron chi connectivity index (χ2n) is 17.4. The van der Waals surface area contributed by atoms with Crippen molar-refractivity contribution >= 4 is 14.5 Å².